The SMILES string of the molecule is COc1cc2sc(C(=O)CCC(C)=O)cc2cc1CCCOc1cc2cc(C(=O)CCC(=O)O)sc2cc1OC. The maximum Gasteiger partial charge on any atom is 0.303 e. The third-order valence-electron chi connectivity index (χ3n) is 6.39. The summed E-state index contributed by atoms with van der Waals surface area (Å²) in [7, 11) is 3.18. The smallest absolute Gasteiger partial charge is 0.303 e. The lowest BCUT2D eigenvalue weighted by Gasteiger charge is -2.12. The average Bonchev–Trinajstić information content (AvgIpc) is 3.55. The minimum atomic E-state index is -0.999. The molecule has 0 aliphatic heterocycles. The first-order chi connectivity index (χ1) is 19.2. The fourth-order valence-electron chi connectivity index (χ4n) is 4.30. The van der Waals surface area contributed by atoms with Crippen LogP contribution in [0.15, 0.2) is 36.4 Å². The Morgan fingerprint density at radius 1 is 0.725 bits per heavy atom. The summed E-state index contributed by atoms with van der Waals surface area (Å²) in [5.74, 6) is 0.633. The molecule has 10 heteroatoms. The van der Waals surface area contributed by atoms with Crippen LogP contribution >= 0.6 is 22.7 Å². The first-order valence-electron chi connectivity index (χ1n) is 12.8. The molecule has 4 rings (SSSR count). The van der Waals surface area contributed by atoms with Crippen LogP contribution in [-0.4, -0.2) is 49.3 Å². The molecule has 0 amide bonds. The number of rotatable bonds is 15. The number of carboxylic acid groups (broad SMARTS) is 1. The number of carbonyl (C=O) groups excluding carboxylic acids is 3. The number of ketones is 3. The van der Waals surface area contributed by atoms with Crippen LogP contribution in [-0.2, 0) is 16.0 Å². The summed E-state index contributed by atoms with van der Waals surface area (Å²) in [6.07, 6.45) is 1.61. The molecule has 1 N–H and O–H groups in total. The maximum atomic E-state index is 12.5. The fourth-order valence-corrected chi connectivity index (χ4v) is 6.38. The Morgan fingerprint density at radius 3 is 1.88 bits per heavy atom. The first kappa shape index (κ1) is 29.2. The zero-order chi connectivity index (χ0) is 28.8. The van der Waals surface area contributed by atoms with Crippen LogP contribution in [0.4, 0.5) is 0 Å². The van der Waals surface area contributed by atoms with Crippen LogP contribution < -0.4 is 14.2 Å². The lowest BCUT2D eigenvalue weighted by molar-refractivity contribution is -0.137. The fraction of sp³-hybridized carbons (Fsp3) is 0.333. The van der Waals surface area contributed by atoms with Gasteiger partial charge in [0.15, 0.2) is 23.1 Å². The minimum absolute atomic E-state index is 0.00123. The molecule has 40 heavy (non-hydrogen) atoms. The highest BCUT2D eigenvalue weighted by Crippen LogP contribution is 2.38. The quantitative estimate of drug-likeness (QED) is 0.121. The number of Topliss-reactive ketones (excluding diaryl/α,β-unsaturated/α-hetero) is 3. The Morgan fingerprint density at radius 2 is 1.30 bits per heavy atom. The predicted octanol–water partition coefficient (Wildman–Crippen LogP) is 6.74. The second kappa shape index (κ2) is 13.1. The van der Waals surface area contributed by atoms with Crippen LogP contribution in [0.3, 0.4) is 0 Å². The average molecular weight is 583 g/mol. The van der Waals surface area contributed by atoms with E-state index in [2.05, 4.69) is 0 Å². The molecule has 210 valence electrons. The van der Waals surface area contributed by atoms with Gasteiger partial charge < -0.3 is 24.1 Å². The molecule has 0 fully saturated rings. The molecule has 2 aromatic heterocycles. The number of ether oxygens (including phenoxy) is 3. The number of thiophene rings is 2. The van der Waals surface area contributed by atoms with Gasteiger partial charge in [-0.05, 0) is 66.4 Å². The van der Waals surface area contributed by atoms with Gasteiger partial charge >= 0.3 is 5.97 Å². The zero-order valence-corrected chi connectivity index (χ0v) is 24.2. The highest BCUT2D eigenvalue weighted by Gasteiger charge is 2.16. The van der Waals surface area contributed by atoms with Crippen molar-refractivity contribution in [1.82, 2.24) is 0 Å². The second-order valence-corrected chi connectivity index (χ2v) is 11.5. The number of benzene rings is 2. The molecule has 0 saturated heterocycles. The van der Waals surface area contributed by atoms with Crippen molar-refractivity contribution >= 4 is 66.2 Å². The number of hydrogen-bond donors (Lipinski definition) is 1. The number of aryl methyl sites for hydroxylation is 1. The number of methoxy groups -OCH3 is 2. The Bertz CT molecular complexity index is 1460. The van der Waals surface area contributed by atoms with E-state index in [0.29, 0.717) is 40.7 Å². The van der Waals surface area contributed by atoms with Crippen LogP contribution in [0.1, 0.15) is 63.9 Å². The molecule has 0 spiro atoms. The number of aliphatic carboxylic acids is 1. The summed E-state index contributed by atoms with van der Waals surface area (Å²) >= 11 is 2.71. The van der Waals surface area contributed by atoms with Gasteiger partial charge in [0.2, 0.25) is 0 Å². The van der Waals surface area contributed by atoms with Crippen LogP contribution in [0.2, 0.25) is 0 Å². The van der Waals surface area contributed by atoms with E-state index in [1.54, 1.807) is 20.3 Å². The van der Waals surface area contributed by atoms with Gasteiger partial charge in [-0.15, -0.1) is 22.7 Å². The number of fused-ring (bicyclic) bond motifs is 2. The summed E-state index contributed by atoms with van der Waals surface area (Å²) < 4.78 is 19.0. The summed E-state index contributed by atoms with van der Waals surface area (Å²) in [6, 6.07) is 11.3. The van der Waals surface area contributed by atoms with E-state index in [4.69, 9.17) is 19.3 Å². The molecule has 4 aromatic rings. The van der Waals surface area contributed by atoms with E-state index in [1.807, 2.05) is 30.3 Å². The standard InChI is InChI=1S/C30H30O8S2/c1-17(31)6-7-21(32)28-13-19-11-18(23(36-2)15-26(19)39-28)5-4-10-38-25-12-20-14-29(22(33)8-9-30(34)35)40-27(20)16-24(25)37-3/h11-16H,4-10H2,1-3H3,(H,34,35). The molecular formula is C30H30O8S2. The zero-order valence-electron chi connectivity index (χ0n) is 22.5. The third-order valence-corrected chi connectivity index (χ3v) is 8.67. The van der Waals surface area contributed by atoms with Crippen molar-refractivity contribution in [2.45, 2.75) is 45.4 Å². The molecule has 2 aromatic carbocycles. The number of carboxylic acids is 1. The lowest BCUT2D eigenvalue weighted by Crippen LogP contribution is -2.02. The van der Waals surface area contributed by atoms with E-state index in [0.717, 1.165) is 31.5 Å². The highest BCUT2D eigenvalue weighted by atomic mass is 32.1. The van der Waals surface area contributed by atoms with E-state index >= 15 is 0 Å². The van der Waals surface area contributed by atoms with Crippen molar-refractivity contribution in [3.8, 4) is 17.2 Å². The monoisotopic (exact) mass is 582 g/mol. The van der Waals surface area contributed by atoms with E-state index in [-0.39, 0.29) is 43.0 Å². The Balaban J connectivity index is 1.42. The van der Waals surface area contributed by atoms with Gasteiger partial charge in [-0.1, -0.05) is 0 Å². The lowest BCUT2D eigenvalue weighted by atomic mass is 10.1. The van der Waals surface area contributed by atoms with Crippen molar-refractivity contribution in [2.24, 2.45) is 0 Å². The molecule has 0 atom stereocenters. The maximum absolute atomic E-state index is 12.5. The summed E-state index contributed by atoms with van der Waals surface area (Å²) in [6.45, 7) is 1.90. The van der Waals surface area contributed by atoms with Gasteiger partial charge in [0, 0.05) is 34.7 Å². The summed E-state index contributed by atoms with van der Waals surface area (Å²) in [4.78, 5) is 48.1. The second-order valence-electron chi connectivity index (χ2n) is 9.36. The van der Waals surface area contributed by atoms with Crippen molar-refractivity contribution in [3.05, 3.63) is 51.7 Å². The van der Waals surface area contributed by atoms with Crippen molar-refractivity contribution in [3.63, 3.8) is 0 Å². The molecule has 0 saturated carbocycles. The van der Waals surface area contributed by atoms with Gasteiger partial charge in [-0.2, -0.15) is 0 Å². The third kappa shape index (κ3) is 7.05. The molecule has 0 bridgehead atoms. The summed E-state index contributed by atoms with van der Waals surface area (Å²) in [5.41, 5.74) is 1.00. The Hall–Kier alpha value is -3.76. The van der Waals surface area contributed by atoms with Gasteiger partial charge in [0.1, 0.15) is 11.5 Å². The molecule has 0 aliphatic carbocycles. The van der Waals surface area contributed by atoms with Gasteiger partial charge in [0.25, 0.3) is 0 Å². The van der Waals surface area contributed by atoms with Gasteiger partial charge in [-0.3, -0.25) is 14.4 Å². The Labute approximate surface area is 239 Å². The van der Waals surface area contributed by atoms with Crippen LogP contribution in [0.5, 0.6) is 17.2 Å². The van der Waals surface area contributed by atoms with E-state index < -0.39 is 5.97 Å². The van der Waals surface area contributed by atoms with E-state index in [1.165, 1.54) is 29.6 Å². The highest BCUT2D eigenvalue weighted by molar-refractivity contribution is 7.21. The molecule has 0 aliphatic rings. The molecular weight excluding hydrogens is 552 g/mol. The first-order valence-corrected chi connectivity index (χ1v) is 14.4. The summed E-state index contributed by atoms with van der Waals surface area (Å²) in [5, 5.41) is 10.6. The van der Waals surface area contributed by atoms with E-state index in [9.17, 15) is 19.2 Å². The van der Waals surface area contributed by atoms with Crippen LogP contribution in [0.25, 0.3) is 20.2 Å². The topological polar surface area (TPSA) is 116 Å². The number of carbonyl (C=O) groups is 4. The molecule has 0 radical (unpaired) electrons. The van der Waals surface area contributed by atoms with Gasteiger partial charge in [-0.25, -0.2) is 0 Å². The largest absolute Gasteiger partial charge is 0.496 e. The van der Waals surface area contributed by atoms with Gasteiger partial charge in [0.05, 0.1) is 37.0 Å². The predicted molar refractivity (Wildman–Crippen MR) is 156 cm³/mol. The normalized spacial score (nSPS) is 11.1. The molecule has 2 heterocycles. The number of hydrogen-bond acceptors (Lipinski definition) is 9. The Kier molecular flexibility index (Phi) is 9.54. The molecule has 8 nitrogen and oxygen atoms in total. The van der Waals surface area contributed by atoms with Crippen LogP contribution in [0, 0.1) is 0 Å². The minimum Gasteiger partial charge on any atom is -0.496 e. The van der Waals surface area contributed by atoms with Crippen molar-refractivity contribution < 1.29 is 38.5 Å². The van der Waals surface area contributed by atoms with Crippen molar-refractivity contribution in [2.75, 3.05) is 20.8 Å². The molecule has 0 unspecified atom stereocenters. The van der Waals surface area contributed by atoms with Crippen molar-refractivity contribution in [1.29, 1.82) is 0 Å².